The van der Waals surface area contributed by atoms with Gasteiger partial charge in [-0.05, 0) is 42.5 Å². The van der Waals surface area contributed by atoms with Crippen molar-refractivity contribution < 1.29 is 17.9 Å². The second-order valence-electron chi connectivity index (χ2n) is 6.99. The molecule has 0 atom stereocenters. The Morgan fingerprint density at radius 2 is 1.79 bits per heavy atom. The summed E-state index contributed by atoms with van der Waals surface area (Å²) in [4.78, 5) is 25.0. The molecule has 3 heterocycles. The predicted octanol–water partition coefficient (Wildman–Crippen LogP) is 5.00. The summed E-state index contributed by atoms with van der Waals surface area (Å²) in [6.07, 6.45) is -3.57. The van der Waals surface area contributed by atoms with Crippen molar-refractivity contribution in [2.45, 2.75) is 6.36 Å². The molecule has 0 bridgehead atoms. The number of benzene rings is 2. The first-order valence-electron chi connectivity index (χ1n) is 9.72. The van der Waals surface area contributed by atoms with Gasteiger partial charge in [-0.15, -0.1) is 18.3 Å². The van der Waals surface area contributed by atoms with Crippen LogP contribution in [0.3, 0.4) is 0 Å². The highest BCUT2D eigenvalue weighted by Gasteiger charge is 2.33. The molecule has 0 aliphatic carbocycles. The molecule has 0 aliphatic rings. The molecule has 3 aromatic heterocycles. The van der Waals surface area contributed by atoms with E-state index in [-0.39, 0.29) is 28.0 Å². The molecule has 5 rings (SSSR count). The van der Waals surface area contributed by atoms with E-state index in [9.17, 15) is 18.0 Å². The van der Waals surface area contributed by atoms with Crippen molar-refractivity contribution in [2.75, 3.05) is 5.32 Å². The minimum Gasteiger partial charge on any atom is -0.405 e. The summed E-state index contributed by atoms with van der Waals surface area (Å²) >= 11 is 6.03. The third kappa shape index (κ3) is 4.20. The van der Waals surface area contributed by atoms with Gasteiger partial charge in [0.25, 0.3) is 5.56 Å². The number of aromatic nitrogens is 5. The highest BCUT2D eigenvalue weighted by Crippen LogP contribution is 2.35. The first kappa shape index (κ1) is 21.6. The Kier molecular flexibility index (Phi) is 5.25. The van der Waals surface area contributed by atoms with E-state index in [2.05, 4.69) is 30.1 Å². The number of nitrogens with zero attached hydrogens (tertiary/aromatic N) is 5. The van der Waals surface area contributed by atoms with Crippen molar-refractivity contribution in [1.29, 1.82) is 0 Å². The van der Waals surface area contributed by atoms with Crippen molar-refractivity contribution in [1.82, 2.24) is 24.6 Å². The lowest BCUT2D eigenvalue weighted by Gasteiger charge is -2.11. The number of rotatable bonds is 4. The molecule has 170 valence electrons. The Hall–Kier alpha value is -4.25. The lowest BCUT2D eigenvalue weighted by molar-refractivity contribution is -0.274. The van der Waals surface area contributed by atoms with Crippen LogP contribution >= 0.6 is 11.6 Å². The molecule has 0 amide bonds. The molecule has 8 nitrogen and oxygen atoms in total. The van der Waals surface area contributed by atoms with E-state index >= 15 is 0 Å². The SMILES string of the molecule is O=c1nccccc1Nc1nc2ccccc2c2nc(-c3cc(Cl)ccc3OC(F)(F)F)nn12. The number of hydrogen-bond donors (Lipinski definition) is 1. The average Bonchev–Trinajstić information content (AvgIpc) is 3.14. The van der Waals surface area contributed by atoms with Crippen molar-refractivity contribution >= 4 is 39.8 Å². The largest absolute Gasteiger partial charge is 0.573 e. The minimum absolute atomic E-state index is 0.0687. The van der Waals surface area contributed by atoms with Crippen LogP contribution in [0.4, 0.5) is 24.8 Å². The second kappa shape index (κ2) is 8.27. The zero-order chi connectivity index (χ0) is 23.9. The number of halogens is 4. The fourth-order valence-corrected chi connectivity index (χ4v) is 3.48. The molecule has 1 N–H and O–H groups in total. The van der Waals surface area contributed by atoms with Crippen molar-refractivity contribution in [3.63, 3.8) is 0 Å². The van der Waals surface area contributed by atoms with E-state index in [1.165, 1.54) is 28.9 Å². The van der Waals surface area contributed by atoms with Crippen LogP contribution in [-0.4, -0.2) is 30.9 Å². The van der Waals surface area contributed by atoms with Crippen molar-refractivity contribution in [3.05, 3.63) is 82.2 Å². The highest BCUT2D eigenvalue weighted by molar-refractivity contribution is 6.30. The third-order valence-electron chi connectivity index (χ3n) is 4.72. The maximum Gasteiger partial charge on any atom is 0.573 e. The van der Waals surface area contributed by atoms with Crippen LogP contribution in [0.1, 0.15) is 0 Å². The van der Waals surface area contributed by atoms with Gasteiger partial charge >= 0.3 is 6.36 Å². The van der Waals surface area contributed by atoms with E-state index in [4.69, 9.17) is 11.6 Å². The van der Waals surface area contributed by atoms with E-state index in [0.29, 0.717) is 16.6 Å². The number of nitrogens with one attached hydrogen (secondary N) is 1. The molecule has 0 spiro atoms. The molecule has 12 heteroatoms. The Morgan fingerprint density at radius 3 is 2.62 bits per heavy atom. The zero-order valence-corrected chi connectivity index (χ0v) is 17.7. The summed E-state index contributed by atoms with van der Waals surface area (Å²) in [5.41, 5.74) is 0.330. The fourth-order valence-electron chi connectivity index (χ4n) is 3.31. The highest BCUT2D eigenvalue weighted by atomic mass is 35.5. The Balaban J connectivity index is 1.74. The summed E-state index contributed by atoms with van der Waals surface area (Å²) in [7, 11) is 0. The summed E-state index contributed by atoms with van der Waals surface area (Å²) in [5, 5.41) is 8.01. The van der Waals surface area contributed by atoms with Gasteiger partial charge < -0.3 is 10.1 Å². The smallest absolute Gasteiger partial charge is 0.405 e. The van der Waals surface area contributed by atoms with E-state index in [0.717, 1.165) is 6.07 Å². The fraction of sp³-hybridized carbons (Fsp3) is 0.0455. The standard InChI is InChI=1S/C22H12ClF3N6O2/c23-12-8-9-17(34-22(24,25)26)14(11-12)18-30-19-13-5-1-2-6-15(13)28-21(32(19)31-18)29-16-7-3-4-10-27-20(16)33/h1-11H,(H,27,28,29,33). The van der Waals surface area contributed by atoms with Gasteiger partial charge in [0, 0.05) is 16.6 Å². The topological polar surface area (TPSA) is 94.3 Å². The van der Waals surface area contributed by atoms with Gasteiger partial charge in [-0.2, -0.15) is 4.52 Å². The van der Waals surface area contributed by atoms with E-state index in [1.807, 2.05) is 0 Å². The van der Waals surface area contributed by atoms with Gasteiger partial charge in [-0.3, -0.25) is 4.79 Å². The third-order valence-corrected chi connectivity index (χ3v) is 4.95. The van der Waals surface area contributed by atoms with Crippen LogP contribution in [0.15, 0.2) is 71.7 Å². The predicted molar refractivity (Wildman–Crippen MR) is 119 cm³/mol. The molecular formula is C22H12ClF3N6O2. The van der Waals surface area contributed by atoms with Crippen LogP contribution in [0.5, 0.6) is 5.75 Å². The number of hydrogen-bond acceptors (Lipinski definition) is 7. The van der Waals surface area contributed by atoms with E-state index in [1.54, 1.807) is 36.4 Å². The molecule has 0 aliphatic heterocycles. The van der Waals surface area contributed by atoms with Gasteiger partial charge in [0.15, 0.2) is 11.5 Å². The van der Waals surface area contributed by atoms with Gasteiger partial charge in [0.1, 0.15) is 11.4 Å². The normalized spacial score (nSPS) is 11.6. The minimum atomic E-state index is -4.93. The zero-order valence-electron chi connectivity index (χ0n) is 16.9. The molecule has 0 saturated carbocycles. The first-order chi connectivity index (χ1) is 16.3. The van der Waals surface area contributed by atoms with Gasteiger partial charge in [0.05, 0.1) is 11.1 Å². The van der Waals surface area contributed by atoms with Crippen LogP contribution < -0.4 is 15.6 Å². The van der Waals surface area contributed by atoms with Crippen LogP contribution in [0, 0.1) is 0 Å². The molecule has 0 radical (unpaired) electrons. The summed E-state index contributed by atoms with van der Waals surface area (Å²) in [5.74, 6) is -0.486. The number of anilines is 2. The maximum atomic E-state index is 13.0. The Labute approximate surface area is 193 Å². The number of alkyl halides is 3. The average molecular weight is 485 g/mol. The maximum absolute atomic E-state index is 13.0. The van der Waals surface area contributed by atoms with Crippen LogP contribution in [-0.2, 0) is 0 Å². The van der Waals surface area contributed by atoms with Gasteiger partial charge in [0.2, 0.25) is 5.95 Å². The molecule has 5 aromatic rings. The number of para-hydroxylation sites is 1. The Bertz CT molecular complexity index is 1610. The summed E-state index contributed by atoms with van der Waals surface area (Å²) in [6.45, 7) is 0. The molecule has 34 heavy (non-hydrogen) atoms. The number of ether oxygens (including phenoxy) is 1. The molecule has 0 saturated heterocycles. The first-order valence-corrected chi connectivity index (χ1v) is 10.1. The lowest BCUT2D eigenvalue weighted by atomic mass is 10.2. The molecule has 0 unspecified atom stereocenters. The lowest BCUT2D eigenvalue weighted by Crippen LogP contribution is -2.17. The molecule has 2 aromatic carbocycles. The molecule has 0 fully saturated rings. The quantitative estimate of drug-likeness (QED) is 0.384. The van der Waals surface area contributed by atoms with E-state index < -0.39 is 17.7 Å². The van der Waals surface area contributed by atoms with Crippen LogP contribution in [0.25, 0.3) is 27.9 Å². The van der Waals surface area contributed by atoms with Gasteiger partial charge in [-0.1, -0.05) is 29.8 Å². The molecular weight excluding hydrogens is 473 g/mol. The summed E-state index contributed by atoms with van der Waals surface area (Å²) in [6, 6.07) is 15.4. The van der Waals surface area contributed by atoms with Gasteiger partial charge in [-0.25, -0.2) is 15.0 Å². The number of fused-ring (bicyclic) bond motifs is 3. The second-order valence-corrected chi connectivity index (χ2v) is 7.42. The van der Waals surface area contributed by atoms with Crippen LogP contribution in [0.2, 0.25) is 5.02 Å². The van der Waals surface area contributed by atoms with Crippen molar-refractivity contribution in [3.8, 4) is 17.1 Å². The monoisotopic (exact) mass is 484 g/mol. The Morgan fingerprint density at radius 1 is 1.00 bits per heavy atom. The van der Waals surface area contributed by atoms with Crippen molar-refractivity contribution in [2.24, 2.45) is 0 Å². The summed E-state index contributed by atoms with van der Waals surface area (Å²) < 4.78 is 44.3.